The molecule has 0 spiro atoms. The van der Waals surface area contributed by atoms with Crippen molar-refractivity contribution in [2.45, 2.75) is 38.9 Å². The topological polar surface area (TPSA) is 48.4 Å². The molecule has 1 aliphatic carbocycles. The maximum Gasteiger partial charge on any atom is 0.357 e. The molecule has 2 aliphatic rings. The number of fused-ring (bicyclic) bond motifs is 2. The van der Waals surface area contributed by atoms with Gasteiger partial charge in [-0.25, -0.2) is 9.78 Å². The number of pyridine rings is 1. The summed E-state index contributed by atoms with van der Waals surface area (Å²) in [6.45, 7) is 5.05. The fourth-order valence-corrected chi connectivity index (χ4v) is 4.17. The first-order valence-corrected chi connectivity index (χ1v) is 8.25. The van der Waals surface area contributed by atoms with Gasteiger partial charge in [-0.1, -0.05) is 38.1 Å². The van der Waals surface area contributed by atoms with E-state index in [0.717, 1.165) is 30.2 Å². The molecular weight excluding hydrogens is 290 g/mol. The van der Waals surface area contributed by atoms with E-state index in [4.69, 9.17) is 9.47 Å². The number of carbonyl (C=O) groups is 1. The lowest BCUT2D eigenvalue weighted by Gasteiger charge is -2.58. The van der Waals surface area contributed by atoms with Crippen LogP contribution in [0.4, 0.5) is 0 Å². The summed E-state index contributed by atoms with van der Waals surface area (Å²) < 4.78 is 11.8. The molecule has 120 valence electrons. The highest BCUT2D eigenvalue weighted by atomic mass is 16.6. The van der Waals surface area contributed by atoms with Gasteiger partial charge in [-0.2, -0.15) is 0 Å². The third-order valence-corrected chi connectivity index (χ3v) is 5.32. The predicted molar refractivity (Wildman–Crippen MR) is 87.2 cm³/mol. The number of ether oxygens (including phenoxy) is 2. The number of hydrogen-bond donors (Lipinski definition) is 0. The van der Waals surface area contributed by atoms with E-state index < -0.39 is 0 Å². The van der Waals surface area contributed by atoms with E-state index in [1.807, 2.05) is 30.3 Å². The van der Waals surface area contributed by atoms with Gasteiger partial charge in [0.05, 0.1) is 6.10 Å². The fraction of sp³-hybridized carbons (Fsp3) is 0.474. The van der Waals surface area contributed by atoms with Crippen LogP contribution in [0.5, 0.6) is 0 Å². The van der Waals surface area contributed by atoms with Crippen LogP contribution in [0.15, 0.2) is 36.5 Å². The smallest absolute Gasteiger partial charge is 0.357 e. The molecule has 2 heterocycles. The van der Waals surface area contributed by atoms with Crippen LogP contribution in [0.3, 0.4) is 0 Å². The van der Waals surface area contributed by atoms with Crippen LogP contribution in [0.2, 0.25) is 0 Å². The minimum atomic E-state index is -0.330. The van der Waals surface area contributed by atoms with Crippen molar-refractivity contribution in [1.82, 2.24) is 4.98 Å². The quantitative estimate of drug-likeness (QED) is 0.795. The van der Waals surface area contributed by atoms with Gasteiger partial charge in [0.15, 0.2) is 5.69 Å². The molecule has 1 aromatic carbocycles. The van der Waals surface area contributed by atoms with Gasteiger partial charge in [0.2, 0.25) is 0 Å². The van der Waals surface area contributed by atoms with Crippen LogP contribution >= 0.6 is 0 Å². The van der Waals surface area contributed by atoms with Crippen molar-refractivity contribution >= 4 is 16.7 Å². The summed E-state index contributed by atoms with van der Waals surface area (Å²) in [7, 11) is 0. The molecule has 1 aromatic heterocycles. The van der Waals surface area contributed by atoms with Gasteiger partial charge in [0.25, 0.3) is 0 Å². The highest BCUT2D eigenvalue weighted by Crippen LogP contribution is 2.53. The second kappa shape index (κ2) is 5.31. The Morgan fingerprint density at radius 2 is 2.13 bits per heavy atom. The van der Waals surface area contributed by atoms with Crippen molar-refractivity contribution in [2.24, 2.45) is 11.3 Å². The third-order valence-electron chi connectivity index (χ3n) is 5.32. The number of esters is 1. The number of carbonyl (C=O) groups excluding carboxylic acids is 1. The first-order valence-electron chi connectivity index (χ1n) is 8.25. The number of rotatable bonds is 2. The molecule has 4 rings (SSSR count). The van der Waals surface area contributed by atoms with Gasteiger partial charge in [-0.15, -0.1) is 0 Å². The maximum atomic E-state index is 12.7. The molecule has 1 saturated heterocycles. The van der Waals surface area contributed by atoms with E-state index in [1.165, 1.54) is 0 Å². The highest BCUT2D eigenvalue weighted by Gasteiger charge is 2.60. The zero-order valence-corrected chi connectivity index (χ0v) is 13.5. The van der Waals surface area contributed by atoms with Crippen LogP contribution in [-0.2, 0) is 9.47 Å². The van der Waals surface area contributed by atoms with E-state index in [2.05, 4.69) is 18.8 Å². The molecule has 4 nitrogen and oxygen atoms in total. The Bertz CT molecular complexity index is 750. The van der Waals surface area contributed by atoms with Crippen molar-refractivity contribution in [3.63, 3.8) is 0 Å². The van der Waals surface area contributed by atoms with Crippen molar-refractivity contribution in [1.29, 1.82) is 0 Å². The number of aromatic nitrogens is 1. The van der Waals surface area contributed by atoms with Crippen LogP contribution in [0.25, 0.3) is 10.8 Å². The van der Waals surface area contributed by atoms with Crippen LogP contribution in [0, 0.1) is 11.3 Å². The van der Waals surface area contributed by atoms with Gasteiger partial charge in [-0.05, 0) is 24.3 Å². The number of benzene rings is 1. The van der Waals surface area contributed by atoms with E-state index in [9.17, 15) is 4.79 Å². The third kappa shape index (κ3) is 2.24. The molecule has 0 N–H and O–H groups in total. The van der Waals surface area contributed by atoms with Crippen LogP contribution < -0.4 is 0 Å². The lowest BCUT2D eigenvalue weighted by molar-refractivity contribution is -0.243. The summed E-state index contributed by atoms with van der Waals surface area (Å²) in [6.07, 6.45) is 3.88. The van der Waals surface area contributed by atoms with Crippen molar-refractivity contribution in [3.05, 3.63) is 42.2 Å². The largest absolute Gasteiger partial charge is 0.457 e. The Hall–Kier alpha value is -1.94. The summed E-state index contributed by atoms with van der Waals surface area (Å²) in [6, 6.07) is 9.67. The molecule has 2 fully saturated rings. The molecule has 3 atom stereocenters. The molecule has 2 aromatic rings. The molecule has 0 amide bonds. The highest BCUT2D eigenvalue weighted by molar-refractivity contribution is 6.02. The van der Waals surface area contributed by atoms with E-state index >= 15 is 0 Å². The zero-order valence-electron chi connectivity index (χ0n) is 13.5. The average Bonchev–Trinajstić information content (AvgIpc) is 2.59. The van der Waals surface area contributed by atoms with Gasteiger partial charge >= 0.3 is 5.97 Å². The Kier molecular flexibility index (Phi) is 3.38. The second-order valence-corrected chi connectivity index (χ2v) is 7.13. The summed E-state index contributed by atoms with van der Waals surface area (Å²) >= 11 is 0. The summed E-state index contributed by atoms with van der Waals surface area (Å²) in [4.78, 5) is 17.0. The normalized spacial score (nSPS) is 28.7. The monoisotopic (exact) mass is 311 g/mol. The molecule has 0 radical (unpaired) electrons. The average molecular weight is 311 g/mol. The summed E-state index contributed by atoms with van der Waals surface area (Å²) in [5.41, 5.74) is 0.268. The Labute approximate surface area is 135 Å². The maximum absolute atomic E-state index is 12.7. The Morgan fingerprint density at radius 3 is 3.00 bits per heavy atom. The Morgan fingerprint density at radius 1 is 1.30 bits per heavy atom. The lowest BCUT2D eigenvalue weighted by atomic mass is 9.57. The van der Waals surface area contributed by atoms with Crippen molar-refractivity contribution < 1.29 is 14.3 Å². The van der Waals surface area contributed by atoms with Crippen LogP contribution in [0.1, 0.15) is 37.2 Å². The molecule has 1 aliphatic heterocycles. The molecule has 0 unspecified atom stereocenters. The first-order chi connectivity index (χ1) is 11.1. The van der Waals surface area contributed by atoms with Gasteiger partial charge < -0.3 is 9.47 Å². The standard InChI is InChI=1S/C19H21NO3/c1-19(2)16-14(8-5-11-22-16)17(19)23-18(21)15-13-7-4-3-6-12(13)9-10-20-15/h3-4,6-7,9-10,14,16-17H,5,8,11H2,1-2H3/t14-,16-,17+/m1/s1. The van der Waals surface area contributed by atoms with Crippen molar-refractivity contribution in [2.75, 3.05) is 6.61 Å². The van der Waals surface area contributed by atoms with Crippen LogP contribution in [-0.4, -0.2) is 29.8 Å². The molecule has 23 heavy (non-hydrogen) atoms. The summed E-state index contributed by atoms with van der Waals surface area (Å²) in [5.74, 6) is -0.0124. The molecule has 0 bridgehead atoms. The molecular formula is C19H21NO3. The number of nitrogens with zero attached hydrogens (tertiary/aromatic N) is 1. The van der Waals surface area contributed by atoms with E-state index in [0.29, 0.717) is 11.6 Å². The lowest BCUT2D eigenvalue weighted by Crippen LogP contribution is -2.65. The van der Waals surface area contributed by atoms with E-state index in [1.54, 1.807) is 6.20 Å². The molecule has 4 heteroatoms. The molecule has 1 saturated carbocycles. The first kappa shape index (κ1) is 14.6. The van der Waals surface area contributed by atoms with Gasteiger partial charge in [-0.3, -0.25) is 0 Å². The minimum absolute atomic E-state index is 0.0962. The van der Waals surface area contributed by atoms with Gasteiger partial charge in [0.1, 0.15) is 6.10 Å². The van der Waals surface area contributed by atoms with Crippen molar-refractivity contribution in [3.8, 4) is 0 Å². The predicted octanol–water partition coefficient (Wildman–Crippen LogP) is 3.60. The number of hydrogen-bond acceptors (Lipinski definition) is 4. The summed E-state index contributed by atoms with van der Waals surface area (Å²) in [5, 5.41) is 1.84. The van der Waals surface area contributed by atoms with E-state index in [-0.39, 0.29) is 23.6 Å². The minimum Gasteiger partial charge on any atom is -0.457 e. The second-order valence-electron chi connectivity index (χ2n) is 7.13. The van der Waals surface area contributed by atoms with Gasteiger partial charge in [0, 0.05) is 29.5 Å². The zero-order chi connectivity index (χ0) is 16.0. The Balaban J connectivity index is 1.60. The SMILES string of the molecule is CC1(C)[C@@H]2OCCC[C@H]2[C@@H]1OC(=O)c1nccc2ccccc12. The fourth-order valence-electron chi connectivity index (χ4n) is 4.17.